The molecule has 0 saturated carbocycles. The molecule has 1 aromatic heterocycles. The van der Waals surface area contributed by atoms with Crippen molar-refractivity contribution >= 4 is 11.3 Å². The zero-order chi connectivity index (χ0) is 13.0. The molecule has 1 N–H and O–H groups in total. The molecule has 96 valence electrons. The number of thiazole rings is 1. The number of hydrogen-bond donors (Lipinski definition) is 1. The van der Waals surface area contributed by atoms with Gasteiger partial charge in [0.25, 0.3) is 0 Å². The molecule has 1 unspecified atom stereocenters. The average molecular weight is 262 g/mol. The average Bonchev–Trinajstić information content (AvgIpc) is 2.88. The summed E-state index contributed by atoms with van der Waals surface area (Å²) in [6, 6.07) is 6.53. The molecule has 0 spiro atoms. The summed E-state index contributed by atoms with van der Waals surface area (Å²) < 4.78 is 5.43. The molecule has 3 nitrogen and oxygen atoms in total. The largest absolute Gasteiger partial charge is 0.496 e. The summed E-state index contributed by atoms with van der Waals surface area (Å²) in [5.74, 6) is 0.938. The predicted molar refractivity (Wildman–Crippen MR) is 75.1 cm³/mol. The molecule has 0 aliphatic heterocycles. The van der Waals surface area contributed by atoms with Crippen LogP contribution in [0.2, 0.25) is 0 Å². The van der Waals surface area contributed by atoms with Gasteiger partial charge < -0.3 is 10.1 Å². The first kappa shape index (κ1) is 13.1. The summed E-state index contributed by atoms with van der Waals surface area (Å²) in [5.41, 5.74) is 5.33. The molecule has 1 aromatic carbocycles. The topological polar surface area (TPSA) is 34.1 Å². The molecular formula is C14H18N2OS. The zero-order valence-electron chi connectivity index (χ0n) is 10.9. The Bertz CT molecular complexity index is 497. The summed E-state index contributed by atoms with van der Waals surface area (Å²) in [6.07, 6.45) is 0. The highest BCUT2D eigenvalue weighted by atomic mass is 32.1. The minimum atomic E-state index is 0.238. The van der Waals surface area contributed by atoms with Gasteiger partial charge in [0.15, 0.2) is 0 Å². The van der Waals surface area contributed by atoms with Gasteiger partial charge in [0, 0.05) is 23.5 Å². The van der Waals surface area contributed by atoms with Crippen molar-refractivity contribution in [2.45, 2.75) is 26.4 Å². The molecule has 0 bridgehead atoms. The summed E-state index contributed by atoms with van der Waals surface area (Å²) in [4.78, 5) is 4.26. The highest BCUT2D eigenvalue weighted by Gasteiger charge is 2.11. The summed E-state index contributed by atoms with van der Waals surface area (Å²) in [6.45, 7) is 4.99. The zero-order valence-corrected chi connectivity index (χ0v) is 11.8. The van der Waals surface area contributed by atoms with Crippen LogP contribution in [-0.2, 0) is 6.54 Å². The highest BCUT2D eigenvalue weighted by Crippen LogP contribution is 2.26. The van der Waals surface area contributed by atoms with Gasteiger partial charge in [-0.1, -0.05) is 12.1 Å². The monoisotopic (exact) mass is 262 g/mol. The molecule has 0 aliphatic rings. The van der Waals surface area contributed by atoms with Crippen LogP contribution in [0.15, 0.2) is 29.1 Å². The van der Waals surface area contributed by atoms with Crippen molar-refractivity contribution in [1.82, 2.24) is 10.3 Å². The standard InChI is InChI=1S/C14H18N2OS/c1-10-4-5-13(14(6-10)17-3)11(2)15-7-12-8-18-9-16-12/h4-6,8-9,11,15H,7H2,1-3H3. The summed E-state index contributed by atoms with van der Waals surface area (Å²) >= 11 is 1.62. The quantitative estimate of drug-likeness (QED) is 0.897. The number of ether oxygens (including phenoxy) is 1. The second-order valence-corrected chi connectivity index (χ2v) is 5.05. The van der Waals surface area contributed by atoms with E-state index in [1.807, 2.05) is 5.51 Å². The van der Waals surface area contributed by atoms with Crippen LogP contribution in [0.25, 0.3) is 0 Å². The van der Waals surface area contributed by atoms with Crippen molar-refractivity contribution in [3.05, 3.63) is 45.9 Å². The Hall–Kier alpha value is -1.39. The van der Waals surface area contributed by atoms with E-state index in [0.29, 0.717) is 0 Å². The maximum atomic E-state index is 5.43. The molecule has 18 heavy (non-hydrogen) atoms. The number of aromatic nitrogens is 1. The molecule has 0 saturated heterocycles. The number of nitrogens with one attached hydrogen (secondary N) is 1. The van der Waals surface area contributed by atoms with Crippen LogP contribution < -0.4 is 10.1 Å². The van der Waals surface area contributed by atoms with Crippen molar-refractivity contribution in [1.29, 1.82) is 0 Å². The van der Waals surface area contributed by atoms with E-state index in [9.17, 15) is 0 Å². The third kappa shape index (κ3) is 3.09. The number of nitrogens with zero attached hydrogens (tertiary/aromatic N) is 1. The number of hydrogen-bond acceptors (Lipinski definition) is 4. The minimum Gasteiger partial charge on any atom is -0.496 e. The molecule has 2 aromatic rings. The molecule has 0 aliphatic carbocycles. The van der Waals surface area contributed by atoms with Gasteiger partial charge in [0.1, 0.15) is 5.75 Å². The molecule has 0 fully saturated rings. The fourth-order valence-electron chi connectivity index (χ4n) is 1.87. The van der Waals surface area contributed by atoms with E-state index in [2.05, 4.69) is 47.7 Å². The van der Waals surface area contributed by atoms with Gasteiger partial charge in [-0.3, -0.25) is 0 Å². The maximum absolute atomic E-state index is 5.43. The third-order valence-electron chi connectivity index (χ3n) is 2.93. The lowest BCUT2D eigenvalue weighted by Gasteiger charge is -2.17. The van der Waals surface area contributed by atoms with Crippen LogP contribution in [0, 0.1) is 6.92 Å². The minimum absolute atomic E-state index is 0.238. The molecular weight excluding hydrogens is 244 g/mol. The van der Waals surface area contributed by atoms with Crippen LogP contribution in [0.4, 0.5) is 0 Å². The van der Waals surface area contributed by atoms with Gasteiger partial charge in [-0.15, -0.1) is 11.3 Å². The van der Waals surface area contributed by atoms with E-state index >= 15 is 0 Å². The van der Waals surface area contributed by atoms with Gasteiger partial charge in [-0.2, -0.15) is 0 Å². The van der Waals surface area contributed by atoms with Crippen molar-refractivity contribution in [2.24, 2.45) is 0 Å². The fraction of sp³-hybridized carbons (Fsp3) is 0.357. The number of aryl methyl sites for hydroxylation is 1. The van der Waals surface area contributed by atoms with Crippen molar-refractivity contribution in [3.63, 3.8) is 0 Å². The van der Waals surface area contributed by atoms with E-state index in [0.717, 1.165) is 18.0 Å². The first-order valence-corrected chi connectivity index (χ1v) is 6.90. The van der Waals surface area contributed by atoms with Crippen molar-refractivity contribution < 1.29 is 4.74 Å². The lowest BCUT2D eigenvalue weighted by molar-refractivity contribution is 0.401. The molecule has 1 atom stereocenters. The van der Waals surface area contributed by atoms with E-state index < -0.39 is 0 Å². The maximum Gasteiger partial charge on any atom is 0.123 e. The predicted octanol–water partition coefficient (Wildman–Crippen LogP) is 3.31. The Morgan fingerprint density at radius 2 is 2.28 bits per heavy atom. The normalized spacial score (nSPS) is 12.4. The lowest BCUT2D eigenvalue weighted by atomic mass is 10.0. The highest BCUT2D eigenvalue weighted by molar-refractivity contribution is 7.07. The van der Waals surface area contributed by atoms with Crippen LogP contribution in [0.1, 0.15) is 29.8 Å². The van der Waals surface area contributed by atoms with Crippen LogP contribution >= 0.6 is 11.3 Å². The summed E-state index contributed by atoms with van der Waals surface area (Å²) in [5, 5.41) is 5.52. The number of methoxy groups -OCH3 is 1. The third-order valence-corrected chi connectivity index (χ3v) is 3.56. The number of benzene rings is 1. The Labute approximate surface area is 112 Å². The Balaban J connectivity index is 2.06. The van der Waals surface area contributed by atoms with Gasteiger partial charge >= 0.3 is 0 Å². The lowest BCUT2D eigenvalue weighted by Crippen LogP contribution is -2.18. The van der Waals surface area contributed by atoms with E-state index in [1.165, 1.54) is 11.1 Å². The molecule has 0 amide bonds. The Morgan fingerprint density at radius 1 is 1.44 bits per heavy atom. The molecule has 0 radical (unpaired) electrons. The van der Waals surface area contributed by atoms with Crippen LogP contribution in [-0.4, -0.2) is 12.1 Å². The molecule has 1 heterocycles. The second kappa shape index (κ2) is 5.98. The Morgan fingerprint density at radius 3 is 2.94 bits per heavy atom. The van der Waals surface area contributed by atoms with Gasteiger partial charge in [0.05, 0.1) is 18.3 Å². The smallest absolute Gasteiger partial charge is 0.123 e. The number of rotatable bonds is 5. The SMILES string of the molecule is COc1cc(C)ccc1C(C)NCc1cscn1. The summed E-state index contributed by atoms with van der Waals surface area (Å²) in [7, 11) is 1.71. The van der Waals surface area contributed by atoms with Crippen LogP contribution in [0.3, 0.4) is 0 Å². The van der Waals surface area contributed by atoms with E-state index in [4.69, 9.17) is 4.74 Å². The van der Waals surface area contributed by atoms with Gasteiger partial charge in [-0.25, -0.2) is 4.98 Å². The van der Waals surface area contributed by atoms with E-state index in [-0.39, 0.29) is 6.04 Å². The van der Waals surface area contributed by atoms with E-state index in [1.54, 1.807) is 18.4 Å². The first-order valence-electron chi connectivity index (χ1n) is 5.95. The molecule has 2 rings (SSSR count). The van der Waals surface area contributed by atoms with Crippen LogP contribution in [0.5, 0.6) is 5.75 Å². The van der Waals surface area contributed by atoms with Gasteiger partial charge in [-0.05, 0) is 25.5 Å². The first-order chi connectivity index (χ1) is 8.70. The second-order valence-electron chi connectivity index (χ2n) is 4.33. The van der Waals surface area contributed by atoms with Crippen molar-refractivity contribution in [2.75, 3.05) is 7.11 Å². The Kier molecular flexibility index (Phi) is 4.33. The fourth-order valence-corrected chi connectivity index (χ4v) is 2.43. The molecule has 4 heteroatoms. The van der Waals surface area contributed by atoms with Gasteiger partial charge in [0.2, 0.25) is 0 Å². The van der Waals surface area contributed by atoms with Crippen molar-refractivity contribution in [3.8, 4) is 5.75 Å².